The lowest BCUT2D eigenvalue weighted by Gasteiger charge is -2.33. The maximum atomic E-state index is 12.1. The Balaban J connectivity index is 0.00000162. The van der Waals surface area contributed by atoms with Crippen LogP contribution in [-0.4, -0.2) is 49.7 Å². The molecule has 5 heteroatoms. The van der Waals surface area contributed by atoms with Crippen LogP contribution in [0.15, 0.2) is 0 Å². The predicted molar refractivity (Wildman–Crippen MR) is 74.1 cm³/mol. The Bertz CT molecular complexity index is 257. The number of hydrogen-bond acceptors (Lipinski definition) is 3. The molecule has 2 heterocycles. The van der Waals surface area contributed by atoms with Gasteiger partial charge in [0.2, 0.25) is 5.91 Å². The van der Waals surface area contributed by atoms with Crippen molar-refractivity contribution in [1.29, 1.82) is 0 Å². The van der Waals surface area contributed by atoms with Gasteiger partial charge in [-0.05, 0) is 18.8 Å². The fourth-order valence-electron chi connectivity index (χ4n) is 2.70. The van der Waals surface area contributed by atoms with Crippen molar-refractivity contribution in [2.45, 2.75) is 38.7 Å². The van der Waals surface area contributed by atoms with Gasteiger partial charge < -0.3 is 15.0 Å². The molecule has 0 saturated carbocycles. The van der Waals surface area contributed by atoms with Gasteiger partial charge in [0.1, 0.15) is 0 Å². The summed E-state index contributed by atoms with van der Waals surface area (Å²) in [5.41, 5.74) is 0. The zero-order valence-electron chi connectivity index (χ0n) is 11.2. The average Bonchev–Trinajstić information content (AvgIpc) is 2.40. The lowest BCUT2D eigenvalue weighted by molar-refractivity contribution is -0.136. The molecule has 2 saturated heterocycles. The number of nitrogens with zero attached hydrogens (tertiary/aromatic N) is 1. The van der Waals surface area contributed by atoms with Gasteiger partial charge in [-0.3, -0.25) is 4.79 Å². The Labute approximate surface area is 116 Å². The van der Waals surface area contributed by atoms with Crippen molar-refractivity contribution in [3.05, 3.63) is 0 Å². The molecule has 2 rings (SSSR count). The SMILES string of the molecule is CCC1CCCN(C(=O)CC2CNCCO2)C1.Cl. The molecular weight excluding hydrogens is 252 g/mol. The molecule has 106 valence electrons. The molecule has 18 heavy (non-hydrogen) atoms. The van der Waals surface area contributed by atoms with Gasteiger partial charge in [-0.15, -0.1) is 12.4 Å². The molecule has 0 aromatic carbocycles. The van der Waals surface area contributed by atoms with E-state index in [9.17, 15) is 4.79 Å². The number of hydrogen-bond donors (Lipinski definition) is 1. The van der Waals surface area contributed by atoms with Crippen LogP contribution in [0.1, 0.15) is 32.6 Å². The van der Waals surface area contributed by atoms with E-state index >= 15 is 0 Å². The minimum atomic E-state index is 0. The van der Waals surface area contributed by atoms with Crippen molar-refractivity contribution < 1.29 is 9.53 Å². The summed E-state index contributed by atoms with van der Waals surface area (Å²) >= 11 is 0. The van der Waals surface area contributed by atoms with Gasteiger partial charge in [-0.2, -0.15) is 0 Å². The van der Waals surface area contributed by atoms with E-state index < -0.39 is 0 Å². The van der Waals surface area contributed by atoms with Crippen molar-refractivity contribution in [2.24, 2.45) is 5.92 Å². The Morgan fingerprint density at radius 1 is 1.50 bits per heavy atom. The molecule has 2 fully saturated rings. The standard InChI is InChI=1S/C13H24N2O2.ClH/c1-2-11-4-3-6-15(10-11)13(16)8-12-9-14-5-7-17-12;/h11-12,14H,2-10H2,1H3;1H. The summed E-state index contributed by atoms with van der Waals surface area (Å²) in [5, 5.41) is 3.27. The number of piperidine rings is 1. The molecule has 0 spiro atoms. The highest BCUT2D eigenvalue weighted by Crippen LogP contribution is 2.20. The minimum Gasteiger partial charge on any atom is -0.375 e. The van der Waals surface area contributed by atoms with E-state index in [0.29, 0.717) is 12.3 Å². The highest BCUT2D eigenvalue weighted by Gasteiger charge is 2.25. The van der Waals surface area contributed by atoms with Crippen molar-refractivity contribution >= 4 is 18.3 Å². The van der Waals surface area contributed by atoms with Crippen molar-refractivity contribution in [2.75, 3.05) is 32.8 Å². The van der Waals surface area contributed by atoms with Gasteiger partial charge in [-0.25, -0.2) is 0 Å². The molecule has 2 aliphatic rings. The van der Waals surface area contributed by atoms with Crippen molar-refractivity contribution in [3.8, 4) is 0 Å². The van der Waals surface area contributed by atoms with Gasteiger partial charge in [0.05, 0.1) is 19.1 Å². The van der Waals surface area contributed by atoms with E-state index in [1.54, 1.807) is 0 Å². The average molecular weight is 277 g/mol. The molecule has 2 unspecified atom stereocenters. The first-order valence-electron chi connectivity index (χ1n) is 6.89. The van der Waals surface area contributed by atoms with Crippen LogP contribution in [0.5, 0.6) is 0 Å². The van der Waals surface area contributed by atoms with Crippen molar-refractivity contribution in [1.82, 2.24) is 10.2 Å². The smallest absolute Gasteiger partial charge is 0.225 e. The largest absolute Gasteiger partial charge is 0.375 e. The van der Waals surface area contributed by atoms with E-state index in [2.05, 4.69) is 12.2 Å². The molecule has 2 aliphatic heterocycles. The highest BCUT2D eigenvalue weighted by molar-refractivity contribution is 5.85. The molecule has 0 aromatic heterocycles. The fraction of sp³-hybridized carbons (Fsp3) is 0.923. The molecule has 4 nitrogen and oxygen atoms in total. The zero-order chi connectivity index (χ0) is 12.1. The molecule has 0 aliphatic carbocycles. The van der Waals surface area contributed by atoms with Crippen LogP contribution in [0.2, 0.25) is 0 Å². The number of likely N-dealkylation sites (tertiary alicyclic amines) is 1. The number of rotatable bonds is 3. The van der Waals surface area contributed by atoms with Crippen LogP contribution in [0.25, 0.3) is 0 Å². The summed E-state index contributed by atoms with van der Waals surface area (Å²) < 4.78 is 5.58. The van der Waals surface area contributed by atoms with Crippen LogP contribution in [-0.2, 0) is 9.53 Å². The molecule has 0 bridgehead atoms. The number of ether oxygens (including phenoxy) is 1. The van der Waals surface area contributed by atoms with E-state index in [-0.39, 0.29) is 24.4 Å². The Hall–Kier alpha value is -0.320. The van der Waals surface area contributed by atoms with Crippen LogP contribution >= 0.6 is 12.4 Å². The second-order valence-corrected chi connectivity index (χ2v) is 5.16. The number of nitrogens with one attached hydrogen (secondary N) is 1. The molecule has 1 amide bonds. The lowest BCUT2D eigenvalue weighted by Crippen LogP contribution is -2.45. The first-order chi connectivity index (χ1) is 8.29. The van der Waals surface area contributed by atoms with Gasteiger partial charge in [0.15, 0.2) is 0 Å². The zero-order valence-corrected chi connectivity index (χ0v) is 12.0. The number of carbonyl (C=O) groups excluding carboxylic acids is 1. The first-order valence-corrected chi connectivity index (χ1v) is 6.89. The van der Waals surface area contributed by atoms with Crippen LogP contribution in [0.3, 0.4) is 0 Å². The Kier molecular flexibility index (Phi) is 6.97. The number of halogens is 1. The third-order valence-corrected chi connectivity index (χ3v) is 3.86. The molecule has 2 atom stereocenters. The summed E-state index contributed by atoms with van der Waals surface area (Å²) in [5.74, 6) is 0.981. The minimum absolute atomic E-state index is 0. The molecular formula is C13H25ClN2O2. The van der Waals surface area contributed by atoms with Gasteiger partial charge in [-0.1, -0.05) is 13.3 Å². The Morgan fingerprint density at radius 3 is 3.00 bits per heavy atom. The highest BCUT2D eigenvalue weighted by atomic mass is 35.5. The topological polar surface area (TPSA) is 41.6 Å². The van der Waals surface area contributed by atoms with E-state index in [0.717, 1.165) is 39.2 Å². The Morgan fingerprint density at radius 2 is 2.33 bits per heavy atom. The van der Waals surface area contributed by atoms with Gasteiger partial charge in [0, 0.05) is 26.2 Å². The van der Waals surface area contributed by atoms with Crippen LogP contribution in [0.4, 0.5) is 0 Å². The summed E-state index contributed by atoms with van der Waals surface area (Å²) in [6.45, 7) is 6.57. The maximum Gasteiger partial charge on any atom is 0.225 e. The predicted octanol–water partition coefficient (Wildman–Crippen LogP) is 1.44. The fourth-order valence-corrected chi connectivity index (χ4v) is 2.70. The summed E-state index contributed by atoms with van der Waals surface area (Å²) in [6, 6.07) is 0. The molecule has 1 N–H and O–H groups in total. The number of amides is 1. The van der Waals surface area contributed by atoms with E-state index in [1.807, 2.05) is 4.90 Å². The summed E-state index contributed by atoms with van der Waals surface area (Å²) in [4.78, 5) is 14.2. The maximum absolute atomic E-state index is 12.1. The second-order valence-electron chi connectivity index (χ2n) is 5.16. The summed E-state index contributed by atoms with van der Waals surface area (Å²) in [7, 11) is 0. The van der Waals surface area contributed by atoms with Gasteiger partial charge in [0.25, 0.3) is 0 Å². The van der Waals surface area contributed by atoms with E-state index in [4.69, 9.17) is 4.74 Å². The quantitative estimate of drug-likeness (QED) is 0.848. The number of morpholine rings is 1. The normalized spacial score (nSPS) is 28.6. The summed E-state index contributed by atoms with van der Waals surface area (Å²) in [6.07, 6.45) is 4.25. The third-order valence-electron chi connectivity index (χ3n) is 3.86. The second kappa shape index (κ2) is 7.97. The number of carbonyl (C=O) groups is 1. The van der Waals surface area contributed by atoms with Gasteiger partial charge >= 0.3 is 0 Å². The third kappa shape index (κ3) is 4.41. The van der Waals surface area contributed by atoms with Crippen molar-refractivity contribution in [3.63, 3.8) is 0 Å². The van der Waals surface area contributed by atoms with Crippen LogP contribution in [0, 0.1) is 5.92 Å². The molecule has 0 radical (unpaired) electrons. The van der Waals surface area contributed by atoms with Crippen LogP contribution < -0.4 is 5.32 Å². The lowest BCUT2D eigenvalue weighted by atomic mass is 9.95. The first kappa shape index (κ1) is 15.7. The molecule has 0 aromatic rings. The monoisotopic (exact) mass is 276 g/mol. The van der Waals surface area contributed by atoms with E-state index in [1.165, 1.54) is 12.8 Å².